The van der Waals surface area contributed by atoms with Gasteiger partial charge in [0.25, 0.3) is 0 Å². The van der Waals surface area contributed by atoms with Crippen molar-refractivity contribution in [1.82, 2.24) is 4.98 Å². The molecule has 0 amide bonds. The van der Waals surface area contributed by atoms with Crippen LogP contribution in [-0.4, -0.2) is 21.8 Å². The number of anilines is 2. The van der Waals surface area contributed by atoms with Gasteiger partial charge < -0.3 is 10.4 Å². The molecule has 172 valence electrons. The summed E-state index contributed by atoms with van der Waals surface area (Å²) in [7, 11) is 0. The molecule has 5 rings (SSSR count). The number of nitrogens with one attached hydrogen (secondary N) is 1. The van der Waals surface area contributed by atoms with Crippen LogP contribution in [0.25, 0.3) is 21.3 Å². The predicted octanol–water partition coefficient (Wildman–Crippen LogP) is 6.84. The average molecular weight is 475 g/mol. The van der Waals surface area contributed by atoms with Crippen molar-refractivity contribution in [1.29, 1.82) is 0 Å². The maximum atomic E-state index is 16.0. The molecular weight excluding hydrogens is 451 g/mol. The van der Waals surface area contributed by atoms with E-state index in [1.54, 1.807) is 6.07 Å². The van der Waals surface area contributed by atoms with Crippen molar-refractivity contribution in [3.05, 3.63) is 77.6 Å². The molecule has 0 saturated heterocycles. The number of carboxylic acids is 1. The number of ketones is 1. The Morgan fingerprint density at radius 3 is 2.53 bits per heavy atom. The SMILES string of the molecule is Cc1cccc2sc(Nc3c(-c4ccccc4)ccc(C(=O)[C@@H]4CCC[C@H]4C(=O)O)c3F)nc12. The number of halogens is 1. The minimum atomic E-state index is -1.000. The lowest BCUT2D eigenvalue weighted by Gasteiger charge is -2.18. The summed E-state index contributed by atoms with van der Waals surface area (Å²) in [6.45, 7) is 1.97. The lowest BCUT2D eigenvalue weighted by atomic mass is 9.87. The zero-order valence-electron chi connectivity index (χ0n) is 18.5. The van der Waals surface area contributed by atoms with Crippen molar-refractivity contribution < 1.29 is 19.1 Å². The molecule has 2 atom stereocenters. The molecule has 0 radical (unpaired) electrons. The summed E-state index contributed by atoms with van der Waals surface area (Å²) < 4.78 is 17.0. The van der Waals surface area contributed by atoms with E-state index < -0.39 is 29.4 Å². The van der Waals surface area contributed by atoms with Gasteiger partial charge in [0.1, 0.15) is 0 Å². The number of thiazole rings is 1. The van der Waals surface area contributed by atoms with Gasteiger partial charge in [-0.25, -0.2) is 9.37 Å². The van der Waals surface area contributed by atoms with E-state index in [1.807, 2.05) is 55.5 Å². The molecule has 0 unspecified atom stereocenters. The Morgan fingerprint density at radius 1 is 1.03 bits per heavy atom. The number of carbonyl (C=O) groups excluding carboxylic acids is 1. The molecule has 1 heterocycles. The van der Waals surface area contributed by atoms with Crippen molar-refractivity contribution in [2.45, 2.75) is 26.2 Å². The highest BCUT2D eigenvalue weighted by molar-refractivity contribution is 7.22. The van der Waals surface area contributed by atoms with E-state index in [1.165, 1.54) is 17.4 Å². The van der Waals surface area contributed by atoms with Crippen LogP contribution in [0.5, 0.6) is 0 Å². The van der Waals surface area contributed by atoms with Gasteiger partial charge >= 0.3 is 5.97 Å². The first-order valence-corrected chi connectivity index (χ1v) is 12.0. The molecule has 1 fully saturated rings. The first kappa shape index (κ1) is 22.2. The fourth-order valence-corrected chi connectivity index (χ4v) is 5.71. The molecular formula is C27H23FN2O3S. The predicted molar refractivity (Wildman–Crippen MR) is 132 cm³/mol. The van der Waals surface area contributed by atoms with Gasteiger partial charge in [0.2, 0.25) is 0 Å². The Hall–Kier alpha value is -3.58. The van der Waals surface area contributed by atoms with Gasteiger partial charge in [0.05, 0.1) is 27.4 Å². The number of para-hydroxylation sites is 1. The summed E-state index contributed by atoms with van der Waals surface area (Å²) in [5, 5.41) is 13.2. The molecule has 3 aromatic carbocycles. The monoisotopic (exact) mass is 474 g/mol. The van der Waals surface area contributed by atoms with Gasteiger partial charge in [0, 0.05) is 11.5 Å². The standard InChI is InChI=1S/C27H23FN2O3S/c1-15-7-5-12-21-23(15)29-27(34-21)30-24-17(16-8-3-2-4-9-16)13-14-20(22(24)28)25(31)18-10-6-11-19(18)26(32)33/h2-5,7-9,12-14,18-19H,6,10-11H2,1H3,(H,29,30)(H,32,33)/t18-,19-/m1/s1. The number of aliphatic carboxylic acids is 1. The van der Waals surface area contributed by atoms with Crippen LogP contribution in [0.15, 0.2) is 60.7 Å². The minimum Gasteiger partial charge on any atom is -0.481 e. The van der Waals surface area contributed by atoms with Gasteiger partial charge in [-0.2, -0.15) is 0 Å². The molecule has 0 aliphatic heterocycles. The first-order valence-electron chi connectivity index (χ1n) is 11.2. The first-order chi connectivity index (χ1) is 16.4. The van der Waals surface area contributed by atoms with Gasteiger partial charge in [0.15, 0.2) is 16.7 Å². The highest BCUT2D eigenvalue weighted by Gasteiger charge is 2.39. The number of Topliss-reactive ketones (excluding diaryl/α,β-unsaturated/α-hetero) is 1. The molecule has 1 saturated carbocycles. The smallest absolute Gasteiger partial charge is 0.307 e. The average Bonchev–Trinajstić information content (AvgIpc) is 3.48. The quantitative estimate of drug-likeness (QED) is 0.299. The zero-order valence-corrected chi connectivity index (χ0v) is 19.4. The number of hydrogen-bond donors (Lipinski definition) is 2. The summed E-state index contributed by atoms with van der Waals surface area (Å²) in [6, 6.07) is 18.5. The maximum absolute atomic E-state index is 16.0. The van der Waals surface area contributed by atoms with E-state index in [0.717, 1.165) is 21.3 Å². The molecule has 7 heteroatoms. The molecule has 1 aromatic heterocycles. The second-order valence-corrected chi connectivity index (χ2v) is 9.66. The maximum Gasteiger partial charge on any atom is 0.307 e. The largest absolute Gasteiger partial charge is 0.481 e. The molecule has 1 aliphatic carbocycles. The highest BCUT2D eigenvalue weighted by atomic mass is 32.1. The van der Waals surface area contributed by atoms with Crippen molar-refractivity contribution >= 4 is 44.1 Å². The Bertz CT molecular complexity index is 1400. The van der Waals surface area contributed by atoms with E-state index >= 15 is 4.39 Å². The topological polar surface area (TPSA) is 79.3 Å². The highest BCUT2D eigenvalue weighted by Crippen LogP contribution is 2.40. The number of aromatic nitrogens is 1. The zero-order chi connectivity index (χ0) is 23.8. The van der Waals surface area contributed by atoms with Crippen LogP contribution in [-0.2, 0) is 4.79 Å². The third-order valence-corrected chi connectivity index (χ3v) is 7.45. The third-order valence-electron chi connectivity index (χ3n) is 6.51. The van der Waals surface area contributed by atoms with Crippen molar-refractivity contribution in [3.8, 4) is 11.1 Å². The number of carboxylic acid groups (broad SMARTS) is 1. The minimum absolute atomic E-state index is 0.0855. The second-order valence-electron chi connectivity index (χ2n) is 8.63. The molecule has 2 N–H and O–H groups in total. The fraction of sp³-hybridized carbons (Fsp3) is 0.222. The van der Waals surface area contributed by atoms with Crippen LogP contribution in [0.4, 0.5) is 15.2 Å². The Balaban J connectivity index is 1.60. The van der Waals surface area contributed by atoms with Crippen molar-refractivity contribution in [2.24, 2.45) is 11.8 Å². The molecule has 4 aromatic rings. The van der Waals surface area contributed by atoms with E-state index in [-0.39, 0.29) is 11.3 Å². The van der Waals surface area contributed by atoms with Gasteiger partial charge in [-0.1, -0.05) is 66.3 Å². The Morgan fingerprint density at radius 2 is 1.79 bits per heavy atom. The van der Waals surface area contributed by atoms with Gasteiger partial charge in [-0.05, 0) is 43.0 Å². The van der Waals surface area contributed by atoms with Crippen molar-refractivity contribution in [2.75, 3.05) is 5.32 Å². The summed E-state index contributed by atoms with van der Waals surface area (Å²) in [5.74, 6) is -3.62. The van der Waals surface area contributed by atoms with Crippen LogP contribution >= 0.6 is 11.3 Å². The van der Waals surface area contributed by atoms with E-state index in [2.05, 4.69) is 10.3 Å². The number of carbonyl (C=O) groups is 2. The van der Waals surface area contributed by atoms with Crippen LogP contribution in [0.2, 0.25) is 0 Å². The normalized spacial score (nSPS) is 17.7. The van der Waals surface area contributed by atoms with E-state index in [4.69, 9.17) is 0 Å². The Kier molecular flexibility index (Phi) is 5.87. The summed E-state index contributed by atoms with van der Waals surface area (Å²) >= 11 is 1.41. The number of hydrogen-bond acceptors (Lipinski definition) is 5. The second kappa shape index (κ2) is 8.99. The molecule has 34 heavy (non-hydrogen) atoms. The van der Waals surface area contributed by atoms with Crippen LogP contribution in [0.1, 0.15) is 35.2 Å². The third kappa shape index (κ3) is 3.96. The van der Waals surface area contributed by atoms with Gasteiger partial charge in [-0.15, -0.1) is 0 Å². The van der Waals surface area contributed by atoms with Crippen molar-refractivity contribution in [3.63, 3.8) is 0 Å². The van der Waals surface area contributed by atoms with E-state index in [0.29, 0.717) is 30.0 Å². The number of fused-ring (bicyclic) bond motifs is 1. The van der Waals surface area contributed by atoms with E-state index in [9.17, 15) is 14.7 Å². The number of rotatable bonds is 6. The molecule has 0 bridgehead atoms. The summed E-state index contributed by atoms with van der Waals surface area (Å²) in [5.41, 5.74) is 3.35. The van der Waals surface area contributed by atoms with Crippen LogP contribution in [0, 0.1) is 24.6 Å². The lowest BCUT2D eigenvalue weighted by molar-refractivity contribution is -0.142. The Labute approximate surface area is 200 Å². The summed E-state index contributed by atoms with van der Waals surface area (Å²) in [6.07, 6.45) is 1.54. The van der Waals surface area contributed by atoms with Gasteiger partial charge in [-0.3, -0.25) is 9.59 Å². The van der Waals surface area contributed by atoms with Crippen LogP contribution < -0.4 is 5.32 Å². The van der Waals surface area contributed by atoms with Crippen LogP contribution in [0.3, 0.4) is 0 Å². The number of benzene rings is 3. The fourth-order valence-electron chi connectivity index (χ4n) is 4.76. The number of nitrogens with zero attached hydrogens (tertiary/aromatic N) is 1. The lowest BCUT2D eigenvalue weighted by Crippen LogP contribution is -2.26. The molecule has 5 nitrogen and oxygen atoms in total. The summed E-state index contributed by atoms with van der Waals surface area (Å²) in [4.78, 5) is 29.6. The molecule has 1 aliphatic rings. The molecule has 0 spiro atoms. The number of aryl methyl sites for hydroxylation is 1.